The van der Waals surface area contributed by atoms with Crippen LogP contribution >= 0.6 is 0 Å². The molecule has 15 heavy (non-hydrogen) atoms. The fourth-order valence-corrected chi connectivity index (χ4v) is 1.27. The number of aromatic nitrogens is 3. The summed E-state index contributed by atoms with van der Waals surface area (Å²) < 4.78 is 0. The third-order valence-electron chi connectivity index (χ3n) is 1.89. The van der Waals surface area contributed by atoms with Crippen molar-refractivity contribution >= 4 is 23.0 Å². The van der Waals surface area contributed by atoms with E-state index in [0.717, 1.165) is 0 Å². The summed E-state index contributed by atoms with van der Waals surface area (Å²) in [5.74, 6) is -2.77. The van der Waals surface area contributed by atoms with E-state index in [1.807, 2.05) is 0 Å². The Morgan fingerprint density at radius 1 is 1.20 bits per heavy atom. The first kappa shape index (κ1) is 9.13. The summed E-state index contributed by atoms with van der Waals surface area (Å²) in [6.45, 7) is 0. The summed E-state index contributed by atoms with van der Waals surface area (Å²) in [6, 6.07) is 1.51. The molecule has 0 atom stereocenters. The number of carboxylic acids is 2. The molecule has 0 aliphatic heterocycles. The Bertz CT molecular complexity index is 560. The molecule has 2 heterocycles. The van der Waals surface area contributed by atoms with E-state index in [1.165, 1.54) is 12.3 Å². The molecule has 0 saturated carbocycles. The maximum absolute atomic E-state index is 10.9. The molecular weight excluding hydrogens is 202 g/mol. The van der Waals surface area contributed by atoms with Crippen LogP contribution in [0.4, 0.5) is 0 Å². The standard InChI is InChI=1S/C8H5N3O4/c12-7(13)4-5-3(1-2-9-5)10-11-6(4)8(14)15/h1-2,9H,(H,12,13)(H,14,15). The van der Waals surface area contributed by atoms with Crippen LogP contribution in [0.3, 0.4) is 0 Å². The Kier molecular flexibility index (Phi) is 1.86. The van der Waals surface area contributed by atoms with E-state index in [2.05, 4.69) is 15.2 Å². The highest BCUT2D eigenvalue weighted by Gasteiger charge is 2.22. The normalized spacial score (nSPS) is 10.4. The van der Waals surface area contributed by atoms with Crippen molar-refractivity contribution in [1.29, 1.82) is 0 Å². The average Bonchev–Trinajstić information content (AvgIpc) is 2.62. The number of carboxylic acid groups (broad SMARTS) is 2. The lowest BCUT2D eigenvalue weighted by atomic mass is 10.2. The van der Waals surface area contributed by atoms with Gasteiger partial charge in [0.1, 0.15) is 11.1 Å². The van der Waals surface area contributed by atoms with Crippen LogP contribution < -0.4 is 0 Å². The second-order valence-corrected chi connectivity index (χ2v) is 2.77. The van der Waals surface area contributed by atoms with Gasteiger partial charge in [0.2, 0.25) is 0 Å². The minimum atomic E-state index is -1.42. The van der Waals surface area contributed by atoms with E-state index in [0.29, 0.717) is 5.52 Å². The lowest BCUT2D eigenvalue weighted by Crippen LogP contribution is -2.12. The molecule has 76 valence electrons. The summed E-state index contributed by atoms with van der Waals surface area (Å²) in [5.41, 5.74) is -0.470. The first-order chi connectivity index (χ1) is 7.11. The van der Waals surface area contributed by atoms with Gasteiger partial charge in [-0.15, -0.1) is 10.2 Å². The quantitative estimate of drug-likeness (QED) is 0.654. The van der Waals surface area contributed by atoms with Crippen molar-refractivity contribution in [3.8, 4) is 0 Å². The Labute approximate surface area is 82.4 Å². The minimum absolute atomic E-state index is 0.162. The van der Waals surface area contributed by atoms with Crippen LogP contribution in [0.15, 0.2) is 12.3 Å². The summed E-state index contributed by atoms with van der Waals surface area (Å²) in [4.78, 5) is 24.2. The SMILES string of the molecule is O=C(O)c1nnc2cc[nH]c2c1C(=O)O. The summed E-state index contributed by atoms with van der Waals surface area (Å²) >= 11 is 0. The number of hydrogen-bond donors (Lipinski definition) is 3. The number of fused-ring (bicyclic) bond motifs is 1. The summed E-state index contributed by atoms with van der Waals surface area (Å²) in [7, 11) is 0. The van der Waals surface area contributed by atoms with Gasteiger partial charge in [-0.2, -0.15) is 0 Å². The number of nitrogens with zero attached hydrogens (tertiary/aromatic N) is 2. The van der Waals surface area contributed by atoms with E-state index >= 15 is 0 Å². The van der Waals surface area contributed by atoms with Crippen LogP contribution in [0, 0.1) is 0 Å². The van der Waals surface area contributed by atoms with Gasteiger partial charge in [0.25, 0.3) is 0 Å². The predicted molar refractivity (Wildman–Crippen MR) is 47.8 cm³/mol. The third kappa shape index (κ3) is 1.30. The largest absolute Gasteiger partial charge is 0.478 e. The molecule has 0 aliphatic rings. The van der Waals surface area contributed by atoms with E-state index in [-0.39, 0.29) is 11.1 Å². The number of nitrogens with one attached hydrogen (secondary N) is 1. The number of rotatable bonds is 2. The van der Waals surface area contributed by atoms with Gasteiger partial charge < -0.3 is 15.2 Å². The predicted octanol–water partition coefficient (Wildman–Crippen LogP) is 0.354. The molecule has 0 bridgehead atoms. The van der Waals surface area contributed by atoms with Crippen LogP contribution in [-0.4, -0.2) is 37.3 Å². The number of aromatic amines is 1. The van der Waals surface area contributed by atoms with E-state index < -0.39 is 17.6 Å². The van der Waals surface area contributed by atoms with Crippen molar-refractivity contribution in [2.75, 3.05) is 0 Å². The van der Waals surface area contributed by atoms with Gasteiger partial charge in [-0.1, -0.05) is 0 Å². The van der Waals surface area contributed by atoms with Crippen LogP contribution in [0.1, 0.15) is 20.8 Å². The first-order valence-electron chi connectivity index (χ1n) is 3.91. The fraction of sp³-hybridized carbons (Fsp3) is 0. The van der Waals surface area contributed by atoms with Gasteiger partial charge in [0.15, 0.2) is 5.69 Å². The maximum Gasteiger partial charge on any atom is 0.357 e. The Balaban J connectivity index is 2.87. The smallest absolute Gasteiger partial charge is 0.357 e. The molecule has 7 heteroatoms. The van der Waals surface area contributed by atoms with Crippen molar-refractivity contribution < 1.29 is 19.8 Å². The van der Waals surface area contributed by atoms with E-state index in [4.69, 9.17) is 10.2 Å². The monoisotopic (exact) mass is 207 g/mol. The molecule has 2 rings (SSSR count). The molecule has 0 radical (unpaired) electrons. The zero-order chi connectivity index (χ0) is 11.0. The van der Waals surface area contributed by atoms with E-state index in [1.54, 1.807) is 0 Å². The van der Waals surface area contributed by atoms with Crippen LogP contribution in [-0.2, 0) is 0 Å². The Morgan fingerprint density at radius 2 is 1.93 bits per heavy atom. The van der Waals surface area contributed by atoms with Crippen molar-refractivity contribution in [2.45, 2.75) is 0 Å². The molecule has 0 spiro atoms. The minimum Gasteiger partial charge on any atom is -0.478 e. The van der Waals surface area contributed by atoms with Crippen molar-refractivity contribution in [3.05, 3.63) is 23.5 Å². The molecule has 3 N–H and O–H groups in total. The van der Waals surface area contributed by atoms with Crippen LogP contribution in [0.5, 0.6) is 0 Å². The highest BCUT2D eigenvalue weighted by molar-refractivity contribution is 6.08. The van der Waals surface area contributed by atoms with Crippen molar-refractivity contribution in [1.82, 2.24) is 15.2 Å². The topological polar surface area (TPSA) is 116 Å². The zero-order valence-electron chi connectivity index (χ0n) is 7.26. The second kappa shape index (κ2) is 3.05. The lowest BCUT2D eigenvalue weighted by molar-refractivity contribution is 0.0646. The molecule has 0 amide bonds. The van der Waals surface area contributed by atoms with E-state index in [9.17, 15) is 9.59 Å². The zero-order valence-corrected chi connectivity index (χ0v) is 7.26. The Morgan fingerprint density at radius 3 is 2.53 bits per heavy atom. The average molecular weight is 207 g/mol. The van der Waals surface area contributed by atoms with Crippen LogP contribution in [0.2, 0.25) is 0 Å². The first-order valence-corrected chi connectivity index (χ1v) is 3.91. The molecule has 0 fully saturated rings. The van der Waals surface area contributed by atoms with Gasteiger partial charge in [-0.3, -0.25) is 0 Å². The van der Waals surface area contributed by atoms with Crippen LogP contribution in [0.25, 0.3) is 11.0 Å². The number of hydrogen-bond acceptors (Lipinski definition) is 4. The molecule has 0 aromatic carbocycles. The van der Waals surface area contributed by atoms with Gasteiger partial charge in [0, 0.05) is 6.20 Å². The molecule has 0 unspecified atom stereocenters. The number of H-pyrrole nitrogens is 1. The van der Waals surface area contributed by atoms with Gasteiger partial charge in [-0.05, 0) is 6.07 Å². The summed E-state index contributed by atoms with van der Waals surface area (Å²) in [6.07, 6.45) is 1.47. The lowest BCUT2D eigenvalue weighted by Gasteiger charge is -2.00. The molecule has 0 aliphatic carbocycles. The second-order valence-electron chi connectivity index (χ2n) is 2.77. The molecule has 2 aromatic heterocycles. The molecular formula is C8H5N3O4. The van der Waals surface area contributed by atoms with Gasteiger partial charge in [0.05, 0.1) is 5.52 Å². The highest BCUT2D eigenvalue weighted by Crippen LogP contribution is 2.17. The number of aromatic carboxylic acids is 2. The fourth-order valence-electron chi connectivity index (χ4n) is 1.27. The van der Waals surface area contributed by atoms with Crippen molar-refractivity contribution in [3.63, 3.8) is 0 Å². The van der Waals surface area contributed by atoms with Gasteiger partial charge >= 0.3 is 11.9 Å². The van der Waals surface area contributed by atoms with Crippen molar-refractivity contribution in [2.24, 2.45) is 0 Å². The highest BCUT2D eigenvalue weighted by atomic mass is 16.4. The number of carbonyl (C=O) groups is 2. The maximum atomic E-state index is 10.9. The van der Waals surface area contributed by atoms with Gasteiger partial charge in [-0.25, -0.2) is 9.59 Å². The third-order valence-corrected chi connectivity index (χ3v) is 1.89. The summed E-state index contributed by atoms with van der Waals surface area (Å²) in [5, 5.41) is 24.5. The molecule has 2 aromatic rings. The molecule has 7 nitrogen and oxygen atoms in total. The Hall–Kier alpha value is -2.44. The molecule has 0 saturated heterocycles.